The Hall–Kier alpha value is -1.49. The quantitative estimate of drug-likeness (QED) is 0.800. The van der Waals surface area contributed by atoms with Crippen LogP contribution in [0.3, 0.4) is 0 Å². The smallest absolute Gasteiger partial charge is 0.410 e. The zero-order valence-electron chi connectivity index (χ0n) is 13.9. The molecule has 0 bridgehead atoms. The molecular formula is C17H26N2O3. The molecule has 2 atom stereocenters. The van der Waals surface area contributed by atoms with Gasteiger partial charge < -0.3 is 19.4 Å². The van der Waals surface area contributed by atoms with E-state index in [1.807, 2.05) is 25.7 Å². The summed E-state index contributed by atoms with van der Waals surface area (Å²) in [6.07, 6.45) is 4.29. The molecule has 1 N–H and O–H groups in total. The van der Waals surface area contributed by atoms with Crippen molar-refractivity contribution in [2.24, 2.45) is 0 Å². The van der Waals surface area contributed by atoms with Gasteiger partial charge in [-0.1, -0.05) is 0 Å². The zero-order valence-corrected chi connectivity index (χ0v) is 13.9. The summed E-state index contributed by atoms with van der Waals surface area (Å²) in [4.78, 5) is 14.2. The van der Waals surface area contributed by atoms with Crippen LogP contribution in [-0.4, -0.2) is 35.7 Å². The second-order valence-electron chi connectivity index (χ2n) is 7.51. The number of amides is 1. The van der Waals surface area contributed by atoms with Gasteiger partial charge in [-0.05, 0) is 58.6 Å². The van der Waals surface area contributed by atoms with E-state index in [0.717, 1.165) is 31.6 Å². The molecule has 3 heterocycles. The molecule has 122 valence electrons. The van der Waals surface area contributed by atoms with Gasteiger partial charge in [-0.25, -0.2) is 4.79 Å². The molecule has 5 heteroatoms. The molecule has 3 rings (SSSR count). The lowest BCUT2D eigenvalue weighted by Gasteiger charge is -2.46. The number of hydrogen-bond donors (Lipinski definition) is 1. The molecule has 1 aromatic heterocycles. The highest BCUT2D eigenvalue weighted by Gasteiger charge is 2.46. The van der Waals surface area contributed by atoms with E-state index in [1.54, 1.807) is 6.26 Å². The Bertz CT molecular complexity index is 560. The fourth-order valence-electron chi connectivity index (χ4n) is 3.68. The third kappa shape index (κ3) is 2.74. The van der Waals surface area contributed by atoms with Crippen LogP contribution in [0.15, 0.2) is 16.7 Å². The standard InChI is InChI=1S/C17H26N2O3/c1-12-11-17(14-13(5-8-18-17)6-10-21-14)7-9-19(12)15(20)22-16(2,3)4/h6,10,12,18H,5,7-9,11H2,1-4H3. The molecule has 5 nitrogen and oxygen atoms in total. The normalized spacial score (nSPS) is 28.5. The minimum atomic E-state index is -0.455. The second-order valence-corrected chi connectivity index (χ2v) is 7.51. The molecule has 0 aromatic carbocycles. The van der Waals surface area contributed by atoms with Gasteiger partial charge in [0.05, 0.1) is 11.8 Å². The number of nitrogens with one attached hydrogen (secondary N) is 1. The predicted octanol–water partition coefficient (Wildman–Crippen LogP) is 3.04. The average molecular weight is 306 g/mol. The minimum absolute atomic E-state index is 0.118. The fraction of sp³-hybridized carbons (Fsp3) is 0.706. The number of ether oxygens (including phenoxy) is 1. The summed E-state index contributed by atoms with van der Waals surface area (Å²) in [7, 11) is 0. The van der Waals surface area contributed by atoms with Gasteiger partial charge in [-0.15, -0.1) is 0 Å². The summed E-state index contributed by atoms with van der Waals surface area (Å²) in [5, 5.41) is 3.64. The fourth-order valence-corrected chi connectivity index (χ4v) is 3.68. The lowest BCUT2D eigenvalue weighted by Crippen LogP contribution is -2.58. The Labute approximate surface area is 132 Å². The Balaban J connectivity index is 1.75. The molecule has 0 saturated carbocycles. The number of nitrogens with zero attached hydrogens (tertiary/aromatic N) is 1. The van der Waals surface area contributed by atoms with Gasteiger partial charge >= 0.3 is 6.09 Å². The number of likely N-dealkylation sites (tertiary alicyclic amines) is 1. The van der Waals surface area contributed by atoms with Crippen LogP contribution in [0.1, 0.15) is 51.9 Å². The highest BCUT2D eigenvalue weighted by Crippen LogP contribution is 2.40. The van der Waals surface area contributed by atoms with Crippen molar-refractivity contribution < 1.29 is 13.9 Å². The molecule has 2 unspecified atom stereocenters. The number of furan rings is 1. The van der Waals surface area contributed by atoms with Crippen molar-refractivity contribution in [2.45, 2.75) is 64.1 Å². The molecule has 0 radical (unpaired) electrons. The van der Waals surface area contributed by atoms with Crippen LogP contribution >= 0.6 is 0 Å². The minimum Gasteiger partial charge on any atom is -0.467 e. The first kappa shape index (κ1) is 15.4. The average Bonchev–Trinajstić information content (AvgIpc) is 2.86. The summed E-state index contributed by atoms with van der Waals surface area (Å²) < 4.78 is 11.3. The molecule has 0 aliphatic carbocycles. The predicted molar refractivity (Wildman–Crippen MR) is 83.7 cm³/mol. The third-order valence-corrected chi connectivity index (χ3v) is 4.62. The highest BCUT2D eigenvalue weighted by atomic mass is 16.6. The van der Waals surface area contributed by atoms with E-state index in [9.17, 15) is 4.79 Å². The van der Waals surface area contributed by atoms with Crippen molar-refractivity contribution in [1.82, 2.24) is 10.2 Å². The van der Waals surface area contributed by atoms with E-state index in [4.69, 9.17) is 9.15 Å². The van der Waals surface area contributed by atoms with E-state index in [0.29, 0.717) is 6.54 Å². The van der Waals surface area contributed by atoms with Crippen molar-refractivity contribution in [3.05, 3.63) is 23.7 Å². The van der Waals surface area contributed by atoms with Crippen LogP contribution in [0, 0.1) is 0 Å². The van der Waals surface area contributed by atoms with Crippen LogP contribution in [0.25, 0.3) is 0 Å². The molecule has 22 heavy (non-hydrogen) atoms. The van der Waals surface area contributed by atoms with Crippen LogP contribution in [0.4, 0.5) is 4.79 Å². The lowest BCUT2D eigenvalue weighted by molar-refractivity contribution is -0.00211. The maximum Gasteiger partial charge on any atom is 0.410 e. The van der Waals surface area contributed by atoms with Gasteiger partial charge in [0.25, 0.3) is 0 Å². The van der Waals surface area contributed by atoms with E-state index < -0.39 is 5.60 Å². The Morgan fingerprint density at radius 1 is 1.50 bits per heavy atom. The molecule has 2 aliphatic heterocycles. The van der Waals surface area contributed by atoms with E-state index in [2.05, 4.69) is 18.3 Å². The Morgan fingerprint density at radius 3 is 2.95 bits per heavy atom. The number of carbonyl (C=O) groups is 1. The van der Waals surface area contributed by atoms with E-state index in [-0.39, 0.29) is 17.7 Å². The number of piperidine rings is 1. The van der Waals surface area contributed by atoms with Crippen molar-refractivity contribution in [2.75, 3.05) is 13.1 Å². The SMILES string of the molecule is CC1CC2(CCN1C(=O)OC(C)(C)C)NCCc1ccoc12. The molecular weight excluding hydrogens is 280 g/mol. The topological polar surface area (TPSA) is 54.7 Å². The Kier molecular flexibility index (Phi) is 3.71. The number of fused-ring (bicyclic) bond motifs is 2. The van der Waals surface area contributed by atoms with Crippen molar-refractivity contribution in [3.8, 4) is 0 Å². The van der Waals surface area contributed by atoms with Gasteiger partial charge in [-0.2, -0.15) is 0 Å². The van der Waals surface area contributed by atoms with Crippen molar-refractivity contribution >= 4 is 6.09 Å². The number of carbonyl (C=O) groups excluding carboxylic acids is 1. The lowest BCUT2D eigenvalue weighted by atomic mass is 9.78. The third-order valence-electron chi connectivity index (χ3n) is 4.62. The maximum atomic E-state index is 12.4. The first-order chi connectivity index (χ1) is 10.3. The van der Waals surface area contributed by atoms with Crippen molar-refractivity contribution in [3.63, 3.8) is 0 Å². The molecule has 2 aliphatic rings. The van der Waals surface area contributed by atoms with Crippen LogP contribution in [-0.2, 0) is 16.7 Å². The zero-order chi connectivity index (χ0) is 16.0. The van der Waals surface area contributed by atoms with Gasteiger partial charge in [0.1, 0.15) is 11.4 Å². The monoisotopic (exact) mass is 306 g/mol. The van der Waals surface area contributed by atoms with Gasteiger partial charge in [0, 0.05) is 19.1 Å². The molecule has 1 saturated heterocycles. The van der Waals surface area contributed by atoms with E-state index in [1.165, 1.54) is 5.56 Å². The summed E-state index contributed by atoms with van der Waals surface area (Å²) in [6, 6.07) is 2.19. The van der Waals surface area contributed by atoms with Gasteiger partial charge in [0.2, 0.25) is 0 Å². The summed E-state index contributed by atoms with van der Waals surface area (Å²) in [5.41, 5.74) is 0.717. The first-order valence-electron chi connectivity index (χ1n) is 8.12. The second kappa shape index (κ2) is 5.30. The molecule has 1 aromatic rings. The largest absolute Gasteiger partial charge is 0.467 e. The van der Waals surface area contributed by atoms with E-state index >= 15 is 0 Å². The van der Waals surface area contributed by atoms with Crippen LogP contribution in [0.2, 0.25) is 0 Å². The summed E-state index contributed by atoms with van der Waals surface area (Å²) >= 11 is 0. The van der Waals surface area contributed by atoms with Gasteiger partial charge in [0.15, 0.2) is 0 Å². The molecule has 1 fully saturated rings. The summed E-state index contributed by atoms with van der Waals surface area (Å²) in [6.45, 7) is 9.44. The van der Waals surface area contributed by atoms with Gasteiger partial charge in [-0.3, -0.25) is 0 Å². The maximum absolute atomic E-state index is 12.4. The highest BCUT2D eigenvalue weighted by molar-refractivity contribution is 5.68. The molecule has 1 amide bonds. The number of hydrogen-bond acceptors (Lipinski definition) is 4. The van der Waals surface area contributed by atoms with Crippen molar-refractivity contribution in [1.29, 1.82) is 0 Å². The summed E-state index contributed by atoms with van der Waals surface area (Å²) in [5.74, 6) is 1.06. The van der Waals surface area contributed by atoms with Crippen LogP contribution in [0.5, 0.6) is 0 Å². The Morgan fingerprint density at radius 2 is 2.27 bits per heavy atom. The molecule has 1 spiro atoms. The van der Waals surface area contributed by atoms with Crippen LogP contribution < -0.4 is 5.32 Å². The first-order valence-corrected chi connectivity index (χ1v) is 8.12. The number of rotatable bonds is 0.